The Morgan fingerprint density at radius 2 is 1.92 bits per heavy atom. The minimum atomic E-state index is -0.0527. The van der Waals surface area contributed by atoms with Crippen LogP contribution in [-0.4, -0.2) is 36.0 Å². The largest absolute Gasteiger partial charge is 0.377 e. The molecule has 0 aromatic heterocycles. The van der Waals surface area contributed by atoms with Crippen molar-refractivity contribution in [1.82, 2.24) is 4.90 Å². The molecule has 146 valence electrons. The number of ether oxygens (including phenoxy) is 1. The van der Waals surface area contributed by atoms with E-state index in [0.717, 1.165) is 37.1 Å². The zero-order valence-corrected chi connectivity index (χ0v) is 17.6. The van der Waals surface area contributed by atoms with Crippen LogP contribution in [0.15, 0.2) is 11.8 Å². The zero-order valence-electron chi connectivity index (χ0n) is 17.6. The summed E-state index contributed by atoms with van der Waals surface area (Å²) in [6.07, 6.45) is 9.22. The fraction of sp³-hybridized carbons (Fsp3) is 0.870. The van der Waals surface area contributed by atoms with Crippen molar-refractivity contribution in [2.24, 2.45) is 28.6 Å². The molecule has 0 aromatic carbocycles. The monoisotopic (exact) mass is 359 g/mol. The fourth-order valence-corrected chi connectivity index (χ4v) is 7.15. The average Bonchev–Trinajstić information content (AvgIpc) is 2.83. The Hall–Kier alpha value is -0.830. The van der Waals surface area contributed by atoms with E-state index in [1.165, 1.54) is 31.4 Å². The molecule has 1 unspecified atom stereocenters. The molecule has 4 aliphatic rings. The Balaban J connectivity index is 1.62. The molecule has 0 radical (unpaired) electrons. The van der Waals surface area contributed by atoms with Crippen LogP contribution in [0.25, 0.3) is 0 Å². The van der Waals surface area contributed by atoms with Gasteiger partial charge in [0.1, 0.15) is 0 Å². The lowest BCUT2D eigenvalue weighted by Crippen LogP contribution is -2.56. The van der Waals surface area contributed by atoms with Crippen molar-refractivity contribution < 1.29 is 9.53 Å². The van der Waals surface area contributed by atoms with Gasteiger partial charge in [-0.1, -0.05) is 13.8 Å². The van der Waals surface area contributed by atoms with E-state index < -0.39 is 0 Å². The molecule has 2 saturated carbocycles. The lowest BCUT2D eigenvalue weighted by molar-refractivity contribution is -0.118. The van der Waals surface area contributed by atoms with Crippen LogP contribution in [0.1, 0.15) is 73.1 Å². The topological polar surface area (TPSA) is 29.5 Å². The lowest BCUT2D eigenvalue weighted by atomic mass is 9.50. The highest BCUT2D eigenvalue weighted by Crippen LogP contribution is 2.64. The summed E-state index contributed by atoms with van der Waals surface area (Å²) in [5.41, 5.74) is 1.89. The third kappa shape index (κ3) is 2.85. The second-order valence-electron chi connectivity index (χ2n) is 11.2. The minimum Gasteiger partial charge on any atom is -0.377 e. The molecule has 3 fully saturated rings. The van der Waals surface area contributed by atoms with Gasteiger partial charge in [0.25, 0.3) is 0 Å². The first-order valence-corrected chi connectivity index (χ1v) is 10.7. The predicted octanol–water partition coefficient (Wildman–Crippen LogP) is 4.81. The predicted molar refractivity (Wildman–Crippen MR) is 105 cm³/mol. The number of rotatable bonds is 1. The standard InChI is InChI=1S/C23H37NO2/c1-21(2,3)26-16-12-19-17-14-24(6)20-11-15(25)7-10-23(20,5)18(17)8-9-22(19,4)13-16/h11,16-19H,7-10,12-14H2,1-6H3/t16?,17-,18-,19+,22-,23-/m1/s1. The van der Waals surface area contributed by atoms with E-state index in [2.05, 4.69) is 46.6 Å². The van der Waals surface area contributed by atoms with E-state index in [0.29, 0.717) is 17.3 Å². The first-order chi connectivity index (χ1) is 12.0. The molecule has 0 aromatic rings. The first kappa shape index (κ1) is 18.5. The Kier molecular flexibility index (Phi) is 4.16. The fourth-order valence-electron chi connectivity index (χ4n) is 7.15. The molecule has 3 aliphatic carbocycles. The second-order valence-corrected chi connectivity index (χ2v) is 11.2. The van der Waals surface area contributed by atoms with Gasteiger partial charge >= 0.3 is 0 Å². The molecule has 0 amide bonds. The van der Waals surface area contributed by atoms with Crippen molar-refractivity contribution in [3.63, 3.8) is 0 Å². The lowest BCUT2D eigenvalue weighted by Gasteiger charge is -2.59. The van der Waals surface area contributed by atoms with E-state index in [9.17, 15) is 4.79 Å². The second kappa shape index (κ2) is 5.83. The van der Waals surface area contributed by atoms with E-state index in [4.69, 9.17) is 4.74 Å². The molecule has 0 spiro atoms. The Labute approximate surface area is 159 Å². The summed E-state index contributed by atoms with van der Waals surface area (Å²) in [4.78, 5) is 14.5. The summed E-state index contributed by atoms with van der Waals surface area (Å²) in [5, 5.41) is 0. The van der Waals surface area contributed by atoms with Crippen LogP contribution in [0.4, 0.5) is 0 Å². The van der Waals surface area contributed by atoms with E-state index in [-0.39, 0.29) is 11.0 Å². The summed E-state index contributed by atoms with van der Waals surface area (Å²) >= 11 is 0. The third-order valence-corrected chi connectivity index (χ3v) is 8.17. The van der Waals surface area contributed by atoms with Gasteiger partial charge in [-0.2, -0.15) is 0 Å². The maximum absolute atomic E-state index is 12.1. The van der Waals surface area contributed by atoms with Gasteiger partial charge in [0.2, 0.25) is 0 Å². The van der Waals surface area contributed by atoms with Gasteiger partial charge < -0.3 is 9.64 Å². The Morgan fingerprint density at radius 1 is 1.19 bits per heavy atom. The molecule has 0 N–H and O–H groups in total. The quantitative estimate of drug-likeness (QED) is 0.673. The molecule has 3 heteroatoms. The van der Waals surface area contributed by atoms with Crippen molar-refractivity contribution >= 4 is 5.78 Å². The van der Waals surface area contributed by atoms with Crippen LogP contribution in [0.2, 0.25) is 0 Å². The summed E-state index contributed by atoms with van der Waals surface area (Å²) < 4.78 is 6.44. The van der Waals surface area contributed by atoms with Crippen LogP contribution in [-0.2, 0) is 9.53 Å². The van der Waals surface area contributed by atoms with Gasteiger partial charge in [-0.25, -0.2) is 0 Å². The molecule has 26 heavy (non-hydrogen) atoms. The maximum Gasteiger partial charge on any atom is 0.157 e. The summed E-state index contributed by atoms with van der Waals surface area (Å²) in [6.45, 7) is 12.6. The van der Waals surface area contributed by atoms with Gasteiger partial charge in [-0.15, -0.1) is 0 Å². The number of carbonyl (C=O) groups excluding carboxylic acids is 1. The highest BCUT2D eigenvalue weighted by Gasteiger charge is 2.59. The molecule has 6 atom stereocenters. The average molecular weight is 360 g/mol. The molecular formula is C23H37NO2. The van der Waals surface area contributed by atoms with Crippen molar-refractivity contribution in [2.75, 3.05) is 13.6 Å². The van der Waals surface area contributed by atoms with Crippen LogP contribution in [0.3, 0.4) is 0 Å². The van der Waals surface area contributed by atoms with Gasteiger partial charge in [0, 0.05) is 37.2 Å². The number of hydrogen-bond donors (Lipinski definition) is 0. The van der Waals surface area contributed by atoms with Gasteiger partial charge in [-0.05, 0) is 76.0 Å². The van der Waals surface area contributed by atoms with Crippen molar-refractivity contribution in [2.45, 2.75) is 84.8 Å². The molecule has 3 nitrogen and oxygen atoms in total. The SMILES string of the molecule is CN1C[C@@H]2[C@@H](CC[C@]3(C)CC(OC(C)(C)C)C[C@@H]23)[C@@]2(C)CCC(=O)C=C12. The van der Waals surface area contributed by atoms with Gasteiger partial charge in [0.05, 0.1) is 11.7 Å². The molecule has 1 heterocycles. The van der Waals surface area contributed by atoms with Crippen LogP contribution >= 0.6 is 0 Å². The third-order valence-electron chi connectivity index (χ3n) is 8.17. The van der Waals surface area contributed by atoms with Gasteiger partial charge in [-0.3, -0.25) is 4.79 Å². The highest BCUT2D eigenvalue weighted by molar-refractivity contribution is 5.91. The summed E-state index contributed by atoms with van der Waals surface area (Å²) in [5.74, 6) is 2.54. The number of allylic oxidation sites excluding steroid dienone is 2. The van der Waals surface area contributed by atoms with Crippen LogP contribution in [0, 0.1) is 28.6 Å². The molecule has 4 rings (SSSR count). The van der Waals surface area contributed by atoms with E-state index in [1.807, 2.05) is 6.08 Å². The number of nitrogens with zero attached hydrogens (tertiary/aromatic N) is 1. The molecule has 1 aliphatic heterocycles. The van der Waals surface area contributed by atoms with Crippen LogP contribution < -0.4 is 0 Å². The van der Waals surface area contributed by atoms with Crippen molar-refractivity contribution in [3.8, 4) is 0 Å². The van der Waals surface area contributed by atoms with E-state index in [1.54, 1.807) is 0 Å². The molecule has 0 bridgehead atoms. The molecular weight excluding hydrogens is 322 g/mol. The van der Waals surface area contributed by atoms with Crippen molar-refractivity contribution in [1.29, 1.82) is 0 Å². The number of fused-ring (bicyclic) bond motifs is 5. The first-order valence-electron chi connectivity index (χ1n) is 10.7. The summed E-state index contributed by atoms with van der Waals surface area (Å²) in [6, 6.07) is 0. The summed E-state index contributed by atoms with van der Waals surface area (Å²) in [7, 11) is 2.21. The molecule has 1 saturated heterocycles. The number of ketones is 1. The van der Waals surface area contributed by atoms with Gasteiger partial charge in [0.15, 0.2) is 5.78 Å². The minimum absolute atomic E-state index is 0.0527. The Bertz CT molecular complexity index is 633. The zero-order chi connectivity index (χ0) is 18.9. The van der Waals surface area contributed by atoms with Crippen molar-refractivity contribution in [3.05, 3.63) is 11.8 Å². The highest BCUT2D eigenvalue weighted by atomic mass is 16.5. The number of piperidine rings is 1. The van der Waals surface area contributed by atoms with Crippen LogP contribution in [0.5, 0.6) is 0 Å². The number of carbonyl (C=O) groups is 1. The normalized spacial score (nSPS) is 45.7. The number of likely N-dealkylation sites (tertiary alicyclic amines) is 1. The maximum atomic E-state index is 12.1. The Morgan fingerprint density at radius 3 is 2.62 bits per heavy atom. The number of hydrogen-bond acceptors (Lipinski definition) is 3. The van der Waals surface area contributed by atoms with E-state index >= 15 is 0 Å². The smallest absolute Gasteiger partial charge is 0.157 e.